The molecule has 0 N–H and O–H groups in total. The molecule has 0 aliphatic heterocycles. The molecule has 0 aromatic heterocycles. The van der Waals surface area contributed by atoms with Crippen LogP contribution in [0.3, 0.4) is 0 Å². The fourth-order valence-electron chi connectivity index (χ4n) is 2.08. The molecule has 1 saturated carbocycles. The molecule has 15 heavy (non-hydrogen) atoms. The highest BCUT2D eigenvalue weighted by Crippen LogP contribution is 2.39. The molecule has 1 unspecified atom stereocenters. The maximum atomic E-state index is 11.8. The third-order valence-corrected chi connectivity index (χ3v) is 4.64. The monoisotopic (exact) mass is 231 g/mol. The second kappa shape index (κ2) is 8.24. The van der Waals surface area contributed by atoms with Crippen molar-refractivity contribution in [1.29, 1.82) is 0 Å². The van der Waals surface area contributed by atoms with Gasteiger partial charge in [-0.2, -0.15) is 0 Å². The van der Waals surface area contributed by atoms with Crippen LogP contribution in [0, 0.1) is 0 Å². The molecular formula is C12H24O2P+. The fraction of sp³-hybridized carbons (Fsp3) is 1.00. The largest absolute Gasteiger partial charge is 0.511 e. The first-order valence-electron chi connectivity index (χ1n) is 6.44. The van der Waals surface area contributed by atoms with E-state index >= 15 is 0 Å². The van der Waals surface area contributed by atoms with Gasteiger partial charge in [0.1, 0.15) is 6.61 Å². The zero-order chi connectivity index (χ0) is 10.9. The first-order chi connectivity index (χ1) is 7.34. The van der Waals surface area contributed by atoms with E-state index in [9.17, 15) is 4.57 Å². The van der Waals surface area contributed by atoms with Crippen molar-refractivity contribution in [2.75, 3.05) is 6.61 Å². The van der Waals surface area contributed by atoms with Crippen LogP contribution in [0.25, 0.3) is 0 Å². The van der Waals surface area contributed by atoms with Crippen LogP contribution in [0.1, 0.15) is 64.7 Å². The molecule has 2 nitrogen and oxygen atoms in total. The second-order valence-electron chi connectivity index (χ2n) is 4.47. The van der Waals surface area contributed by atoms with E-state index in [0.29, 0.717) is 12.3 Å². The molecule has 1 fully saturated rings. The quantitative estimate of drug-likeness (QED) is 0.470. The minimum Gasteiger partial charge on any atom is -0.146 e. The van der Waals surface area contributed by atoms with E-state index in [2.05, 4.69) is 6.92 Å². The molecular weight excluding hydrogens is 207 g/mol. The zero-order valence-corrected chi connectivity index (χ0v) is 10.8. The van der Waals surface area contributed by atoms with E-state index < -0.39 is 8.03 Å². The van der Waals surface area contributed by atoms with Crippen LogP contribution >= 0.6 is 8.03 Å². The van der Waals surface area contributed by atoms with Gasteiger partial charge in [-0.3, -0.25) is 0 Å². The Hall–Kier alpha value is 0.0600. The molecule has 1 rings (SSSR count). The fourth-order valence-corrected chi connectivity index (χ4v) is 3.39. The predicted octanol–water partition coefficient (Wildman–Crippen LogP) is 4.66. The summed E-state index contributed by atoms with van der Waals surface area (Å²) in [5.41, 5.74) is 0.361. The van der Waals surface area contributed by atoms with Gasteiger partial charge in [0.15, 0.2) is 5.66 Å². The molecule has 1 atom stereocenters. The van der Waals surface area contributed by atoms with Crippen molar-refractivity contribution >= 4 is 8.03 Å². The van der Waals surface area contributed by atoms with E-state index in [1.165, 1.54) is 38.5 Å². The molecule has 1 aliphatic rings. The standard InChI is InChI=1S/C12H24O2P/c1-2-3-4-8-11-14-15(13)12-9-6-5-7-10-12/h12H,2-11H2,1H3/q+1. The Labute approximate surface area is 94.7 Å². The molecule has 88 valence electrons. The van der Waals surface area contributed by atoms with Crippen molar-refractivity contribution in [3.05, 3.63) is 0 Å². The van der Waals surface area contributed by atoms with E-state index in [4.69, 9.17) is 4.52 Å². The summed E-state index contributed by atoms with van der Waals surface area (Å²) in [5.74, 6) is 0. The van der Waals surface area contributed by atoms with Crippen molar-refractivity contribution in [2.45, 2.75) is 70.4 Å². The molecule has 0 aromatic rings. The van der Waals surface area contributed by atoms with Crippen molar-refractivity contribution in [2.24, 2.45) is 0 Å². The van der Waals surface area contributed by atoms with Gasteiger partial charge in [-0.05, 0) is 36.7 Å². The molecule has 3 heteroatoms. The predicted molar refractivity (Wildman–Crippen MR) is 64.6 cm³/mol. The minimum absolute atomic E-state index is 0.361. The Morgan fingerprint density at radius 1 is 1.13 bits per heavy atom. The van der Waals surface area contributed by atoms with Gasteiger partial charge in [0, 0.05) is 0 Å². The molecule has 0 bridgehead atoms. The molecule has 0 saturated heterocycles. The van der Waals surface area contributed by atoms with Crippen molar-refractivity contribution in [3.63, 3.8) is 0 Å². The summed E-state index contributed by atoms with van der Waals surface area (Å²) in [6.45, 7) is 2.90. The Morgan fingerprint density at radius 2 is 1.87 bits per heavy atom. The maximum absolute atomic E-state index is 11.8. The summed E-state index contributed by atoms with van der Waals surface area (Å²) in [6.07, 6.45) is 10.8. The third kappa shape index (κ3) is 5.63. The van der Waals surface area contributed by atoms with Gasteiger partial charge >= 0.3 is 8.03 Å². The summed E-state index contributed by atoms with van der Waals surface area (Å²) in [6, 6.07) is 0. The van der Waals surface area contributed by atoms with Gasteiger partial charge in [0.05, 0.1) is 0 Å². The Bertz CT molecular complexity index is 176. The van der Waals surface area contributed by atoms with E-state index in [0.717, 1.165) is 19.3 Å². The number of rotatable bonds is 7. The summed E-state index contributed by atoms with van der Waals surface area (Å²) >= 11 is 0. The number of hydrogen-bond donors (Lipinski definition) is 0. The van der Waals surface area contributed by atoms with Gasteiger partial charge in [-0.15, -0.1) is 4.52 Å². The van der Waals surface area contributed by atoms with Gasteiger partial charge < -0.3 is 0 Å². The molecule has 0 heterocycles. The SMILES string of the molecule is CCCCCCO[P+](=O)C1CCCCC1. The maximum Gasteiger partial charge on any atom is 0.511 e. The van der Waals surface area contributed by atoms with Gasteiger partial charge in [-0.25, -0.2) is 0 Å². The number of unbranched alkanes of at least 4 members (excludes halogenated alkanes) is 3. The first-order valence-corrected chi connectivity index (χ1v) is 7.68. The molecule has 0 aromatic carbocycles. The van der Waals surface area contributed by atoms with Crippen LogP contribution in [-0.4, -0.2) is 12.3 Å². The van der Waals surface area contributed by atoms with E-state index in [1.54, 1.807) is 0 Å². The lowest BCUT2D eigenvalue weighted by Gasteiger charge is -2.11. The zero-order valence-electron chi connectivity index (χ0n) is 9.91. The smallest absolute Gasteiger partial charge is 0.146 e. The van der Waals surface area contributed by atoms with Crippen LogP contribution in [0.5, 0.6) is 0 Å². The second-order valence-corrected chi connectivity index (χ2v) is 6.03. The van der Waals surface area contributed by atoms with Crippen molar-refractivity contribution in [1.82, 2.24) is 0 Å². The molecule has 0 spiro atoms. The number of hydrogen-bond acceptors (Lipinski definition) is 2. The van der Waals surface area contributed by atoms with Crippen LogP contribution in [0.15, 0.2) is 0 Å². The highest BCUT2D eigenvalue weighted by Gasteiger charge is 2.33. The Kier molecular flexibility index (Phi) is 7.21. The summed E-state index contributed by atoms with van der Waals surface area (Å²) < 4.78 is 17.2. The van der Waals surface area contributed by atoms with Gasteiger partial charge in [-0.1, -0.05) is 32.6 Å². The lowest BCUT2D eigenvalue weighted by Crippen LogP contribution is -2.09. The summed E-state index contributed by atoms with van der Waals surface area (Å²) in [5, 5.41) is 0. The lowest BCUT2D eigenvalue weighted by molar-refractivity contribution is 0.304. The first kappa shape index (κ1) is 13.1. The normalized spacial score (nSPS) is 19.1. The average molecular weight is 231 g/mol. The summed E-state index contributed by atoms with van der Waals surface area (Å²) in [4.78, 5) is 0. The van der Waals surface area contributed by atoms with Gasteiger partial charge in [0.25, 0.3) is 0 Å². The molecule has 0 radical (unpaired) electrons. The third-order valence-electron chi connectivity index (χ3n) is 3.09. The Balaban J connectivity index is 2.02. The lowest BCUT2D eigenvalue weighted by atomic mass is 10.0. The minimum atomic E-state index is -1.37. The van der Waals surface area contributed by atoms with Crippen LogP contribution in [0.4, 0.5) is 0 Å². The average Bonchev–Trinajstić information content (AvgIpc) is 2.30. The molecule has 1 aliphatic carbocycles. The summed E-state index contributed by atoms with van der Waals surface area (Å²) in [7, 11) is -1.37. The van der Waals surface area contributed by atoms with Crippen LogP contribution in [0.2, 0.25) is 0 Å². The van der Waals surface area contributed by atoms with Crippen LogP contribution < -0.4 is 0 Å². The molecule has 0 amide bonds. The Morgan fingerprint density at radius 3 is 2.53 bits per heavy atom. The van der Waals surface area contributed by atoms with Crippen LogP contribution in [-0.2, 0) is 9.09 Å². The highest BCUT2D eigenvalue weighted by molar-refractivity contribution is 7.40. The van der Waals surface area contributed by atoms with E-state index in [-0.39, 0.29) is 0 Å². The topological polar surface area (TPSA) is 26.3 Å². The van der Waals surface area contributed by atoms with Gasteiger partial charge in [0.2, 0.25) is 0 Å². The van der Waals surface area contributed by atoms with Crippen molar-refractivity contribution < 1.29 is 9.09 Å². The van der Waals surface area contributed by atoms with E-state index in [1.807, 2.05) is 0 Å². The van der Waals surface area contributed by atoms with Crippen molar-refractivity contribution in [3.8, 4) is 0 Å². The highest BCUT2D eigenvalue weighted by atomic mass is 31.1.